The molecule has 0 saturated carbocycles. The van der Waals surface area contributed by atoms with Gasteiger partial charge < -0.3 is 0 Å². The fourth-order valence-electron chi connectivity index (χ4n) is 2.08. The molecule has 106 valence electrons. The molecule has 0 nitrogen and oxygen atoms in total. The molecule has 0 heterocycles. The zero-order valence-electron chi connectivity index (χ0n) is 12.2. The molecule has 0 saturated heterocycles. The van der Waals surface area contributed by atoms with Gasteiger partial charge in [0.25, 0.3) is 0 Å². The fraction of sp³-hybridized carbons (Fsp3) is 0.200. The van der Waals surface area contributed by atoms with Crippen LogP contribution in [-0.4, -0.2) is 0 Å². The second-order valence-corrected chi connectivity index (χ2v) is 5.32. The van der Waals surface area contributed by atoms with Crippen LogP contribution in [0.4, 0.5) is 0 Å². The van der Waals surface area contributed by atoms with Crippen molar-refractivity contribution < 1.29 is 0 Å². The van der Waals surface area contributed by atoms with E-state index in [1.54, 1.807) is 0 Å². The lowest BCUT2D eigenvalue weighted by molar-refractivity contribution is 0.711. The van der Waals surface area contributed by atoms with Crippen molar-refractivity contribution in [3.8, 4) is 11.8 Å². The van der Waals surface area contributed by atoms with Crippen LogP contribution in [0.1, 0.15) is 30.9 Å². The largest absolute Gasteiger partial charge is 0.0903 e. The van der Waals surface area contributed by atoms with Crippen LogP contribution in [0.3, 0.4) is 0 Å². The molecule has 2 aromatic rings. The van der Waals surface area contributed by atoms with Crippen molar-refractivity contribution >= 4 is 16.6 Å². The van der Waals surface area contributed by atoms with E-state index < -0.39 is 0 Å². The van der Waals surface area contributed by atoms with E-state index in [0.717, 1.165) is 29.0 Å². The van der Waals surface area contributed by atoms with Gasteiger partial charge >= 0.3 is 0 Å². The lowest BCUT2D eigenvalue weighted by atomic mass is 10.0. The molecule has 0 aliphatic carbocycles. The van der Waals surface area contributed by atoms with Crippen molar-refractivity contribution in [3.05, 3.63) is 77.9 Å². The molecule has 0 radical (unpaired) electrons. The number of rotatable bonds is 4. The molecule has 1 atom stereocenters. The zero-order valence-corrected chi connectivity index (χ0v) is 13.0. The van der Waals surface area contributed by atoms with Crippen molar-refractivity contribution in [1.29, 1.82) is 0 Å². The zero-order chi connectivity index (χ0) is 14.9. The molecule has 0 fully saturated rings. The molecule has 1 heteroatoms. The summed E-state index contributed by atoms with van der Waals surface area (Å²) in [5.74, 6) is 6.74. The van der Waals surface area contributed by atoms with Gasteiger partial charge in [0.2, 0.25) is 0 Å². The predicted octanol–water partition coefficient (Wildman–Crippen LogP) is 5.73. The monoisotopic (exact) mass is 294 g/mol. The third-order valence-corrected chi connectivity index (χ3v) is 3.52. The van der Waals surface area contributed by atoms with Crippen LogP contribution in [0, 0.1) is 17.8 Å². The minimum absolute atomic E-state index is 0.183. The van der Waals surface area contributed by atoms with Crippen LogP contribution >= 0.6 is 11.6 Å². The molecule has 21 heavy (non-hydrogen) atoms. The lowest BCUT2D eigenvalue weighted by Crippen LogP contribution is -1.93. The molecule has 0 aromatic heterocycles. The first-order valence-electron chi connectivity index (χ1n) is 7.29. The second kappa shape index (κ2) is 8.35. The van der Waals surface area contributed by atoms with Crippen molar-refractivity contribution in [1.82, 2.24) is 0 Å². The molecular weight excluding hydrogens is 276 g/mol. The van der Waals surface area contributed by atoms with Gasteiger partial charge in [0.05, 0.1) is 0 Å². The van der Waals surface area contributed by atoms with Gasteiger partial charge in [-0.2, -0.15) is 0 Å². The maximum Gasteiger partial charge on any atom is 0.0450 e. The van der Waals surface area contributed by atoms with Gasteiger partial charge in [0, 0.05) is 16.5 Å². The summed E-state index contributed by atoms with van der Waals surface area (Å²) in [6.07, 6.45) is 4.17. The quantitative estimate of drug-likeness (QED) is 0.631. The average molecular weight is 295 g/mol. The first kappa shape index (κ1) is 15.4. The maximum atomic E-state index is 6.41. The topological polar surface area (TPSA) is 0 Å². The fourth-order valence-corrected chi connectivity index (χ4v) is 2.35. The van der Waals surface area contributed by atoms with E-state index in [9.17, 15) is 0 Å². The number of allylic oxidation sites excluding steroid dienone is 1. The summed E-state index contributed by atoms with van der Waals surface area (Å²) in [7, 11) is 0. The SMILES string of the molecule is CCCC(C#Cc1ccccc1)C=C(Cl)c1ccccc1. The molecule has 0 aliphatic rings. The van der Waals surface area contributed by atoms with Crippen LogP contribution in [0.15, 0.2) is 66.7 Å². The van der Waals surface area contributed by atoms with Gasteiger partial charge in [-0.1, -0.05) is 91.4 Å². The summed E-state index contributed by atoms with van der Waals surface area (Å²) in [4.78, 5) is 0. The van der Waals surface area contributed by atoms with Gasteiger partial charge in [0.15, 0.2) is 0 Å². The Morgan fingerprint density at radius 3 is 2.29 bits per heavy atom. The Morgan fingerprint density at radius 2 is 1.67 bits per heavy atom. The normalized spacial score (nSPS) is 12.4. The third kappa shape index (κ3) is 5.14. The summed E-state index contributed by atoms with van der Waals surface area (Å²) < 4.78 is 0. The summed E-state index contributed by atoms with van der Waals surface area (Å²) in [5.41, 5.74) is 2.09. The first-order valence-corrected chi connectivity index (χ1v) is 7.66. The van der Waals surface area contributed by atoms with Gasteiger partial charge in [-0.15, -0.1) is 0 Å². The summed E-state index contributed by atoms with van der Waals surface area (Å²) in [6.45, 7) is 2.17. The smallest absolute Gasteiger partial charge is 0.0450 e. The van der Waals surface area contributed by atoms with E-state index in [1.807, 2.05) is 60.7 Å². The predicted molar refractivity (Wildman–Crippen MR) is 92.0 cm³/mol. The maximum absolute atomic E-state index is 6.41. The molecule has 1 unspecified atom stereocenters. The number of halogens is 1. The Morgan fingerprint density at radius 1 is 1.05 bits per heavy atom. The highest BCUT2D eigenvalue weighted by molar-refractivity contribution is 6.48. The average Bonchev–Trinajstić information content (AvgIpc) is 2.54. The van der Waals surface area contributed by atoms with Gasteiger partial charge in [-0.25, -0.2) is 0 Å². The van der Waals surface area contributed by atoms with Crippen LogP contribution in [-0.2, 0) is 0 Å². The van der Waals surface area contributed by atoms with Crippen LogP contribution in [0.25, 0.3) is 5.03 Å². The van der Waals surface area contributed by atoms with Crippen molar-refractivity contribution in [2.24, 2.45) is 5.92 Å². The van der Waals surface area contributed by atoms with Gasteiger partial charge in [0.1, 0.15) is 0 Å². The van der Waals surface area contributed by atoms with E-state index in [2.05, 4.69) is 24.8 Å². The van der Waals surface area contributed by atoms with Gasteiger partial charge in [-0.05, 0) is 24.1 Å². The van der Waals surface area contributed by atoms with Crippen molar-refractivity contribution in [2.75, 3.05) is 0 Å². The Balaban J connectivity index is 2.18. The van der Waals surface area contributed by atoms with Crippen LogP contribution in [0.2, 0.25) is 0 Å². The highest BCUT2D eigenvalue weighted by Gasteiger charge is 2.04. The van der Waals surface area contributed by atoms with Crippen LogP contribution in [0.5, 0.6) is 0 Å². The van der Waals surface area contributed by atoms with E-state index in [4.69, 9.17) is 11.6 Å². The molecule has 0 N–H and O–H groups in total. The standard InChI is InChI=1S/C20H19Cl/c1-2-9-18(15-14-17-10-5-3-6-11-17)16-20(21)19-12-7-4-8-13-19/h3-8,10-13,16,18H,2,9H2,1H3. The summed E-state index contributed by atoms with van der Waals surface area (Å²) in [6, 6.07) is 20.1. The molecule has 2 aromatic carbocycles. The Bertz CT molecular complexity index is 630. The van der Waals surface area contributed by atoms with E-state index in [0.29, 0.717) is 0 Å². The first-order chi connectivity index (χ1) is 10.3. The molecule has 0 bridgehead atoms. The molecule has 0 spiro atoms. The van der Waals surface area contributed by atoms with E-state index in [-0.39, 0.29) is 5.92 Å². The van der Waals surface area contributed by atoms with Crippen LogP contribution < -0.4 is 0 Å². The Kier molecular flexibility index (Phi) is 6.13. The Labute approximate surface area is 132 Å². The summed E-state index contributed by atoms with van der Waals surface area (Å²) in [5, 5.41) is 0.774. The van der Waals surface area contributed by atoms with E-state index >= 15 is 0 Å². The highest BCUT2D eigenvalue weighted by Crippen LogP contribution is 2.22. The number of hydrogen-bond donors (Lipinski definition) is 0. The molecular formula is C20H19Cl. The van der Waals surface area contributed by atoms with E-state index in [1.165, 1.54) is 0 Å². The number of benzene rings is 2. The minimum atomic E-state index is 0.183. The second-order valence-electron chi connectivity index (χ2n) is 4.91. The van der Waals surface area contributed by atoms with Gasteiger partial charge in [-0.3, -0.25) is 0 Å². The van der Waals surface area contributed by atoms with Crippen molar-refractivity contribution in [2.45, 2.75) is 19.8 Å². The highest BCUT2D eigenvalue weighted by atomic mass is 35.5. The molecule has 0 amide bonds. The summed E-state index contributed by atoms with van der Waals surface area (Å²) >= 11 is 6.41. The van der Waals surface area contributed by atoms with Crippen molar-refractivity contribution in [3.63, 3.8) is 0 Å². The minimum Gasteiger partial charge on any atom is -0.0903 e. The Hall–Kier alpha value is -1.97. The lowest BCUT2D eigenvalue weighted by Gasteiger charge is -2.05. The number of hydrogen-bond acceptors (Lipinski definition) is 0. The molecule has 0 aliphatic heterocycles. The molecule has 2 rings (SSSR count). The third-order valence-electron chi connectivity index (χ3n) is 3.17.